The first kappa shape index (κ1) is 12.0. The van der Waals surface area contributed by atoms with E-state index in [-0.39, 0.29) is 0 Å². The SMILES string of the molecule is CC1=CCC(CC=CCCC#N)C1(C)C. The van der Waals surface area contributed by atoms with Gasteiger partial charge in [0.15, 0.2) is 0 Å². The van der Waals surface area contributed by atoms with Crippen molar-refractivity contribution in [2.45, 2.75) is 46.5 Å². The number of unbranched alkanes of at least 4 members (excludes halogenated alkanes) is 1. The van der Waals surface area contributed by atoms with Gasteiger partial charge in [-0.3, -0.25) is 0 Å². The Morgan fingerprint density at radius 1 is 1.53 bits per heavy atom. The predicted octanol–water partition coefficient (Wildman–Crippen LogP) is 4.23. The summed E-state index contributed by atoms with van der Waals surface area (Å²) in [5.74, 6) is 0.746. The Labute approximate surface area is 93.5 Å². The van der Waals surface area contributed by atoms with E-state index in [1.165, 1.54) is 12.0 Å². The second-order valence-corrected chi connectivity index (χ2v) is 4.95. The fourth-order valence-corrected chi connectivity index (χ4v) is 2.12. The molecule has 0 spiro atoms. The molecule has 1 nitrogen and oxygen atoms in total. The molecule has 0 aromatic carbocycles. The highest BCUT2D eigenvalue weighted by molar-refractivity contribution is 5.18. The van der Waals surface area contributed by atoms with Crippen LogP contribution in [-0.2, 0) is 0 Å². The number of hydrogen-bond donors (Lipinski definition) is 0. The van der Waals surface area contributed by atoms with Gasteiger partial charge in [0, 0.05) is 6.42 Å². The molecule has 0 aliphatic heterocycles. The van der Waals surface area contributed by atoms with E-state index in [4.69, 9.17) is 5.26 Å². The minimum absolute atomic E-state index is 0.361. The molecule has 0 aromatic heterocycles. The van der Waals surface area contributed by atoms with Gasteiger partial charge in [-0.25, -0.2) is 0 Å². The first-order chi connectivity index (χ1) is 7.09. The van der Waals surface area contributed by atoms with Crippen LogP contribution in [0, 0.1) is 22.7 Å². The quantitative estimate of drug-likeness (QED) is 0.495. The highest BCUT2D eigenvalue weighted by atomic mass is 14.4. The molecule has 0 heterocycles. The zero-order chi connectivity index (χ0) is 11.3. The lowest BCUT2D eigenvalue weighted by Gasteiger charge is -2.28. The van der Waals surface area contributed by atoms with Crippen molar-refractivity contribution in [3.63, 3.8) is 0 Å². The van der Waals surface area contributed by atoms with Crippen LogP contribution in [-0.4, -0.2) is 0 Å². The van der Waals surface area contributed by atoms with Crippen LogP contribution in [0.25, 0.3) is 0 Å². The van der Waals surface area contributed by atoms with Gasteiger partial charge < -0.3 is 0 Å². The first-order valence-corrected chi connectivity index (χ1v) is 5.78. The van der Waals surface area contributed by atoms with Crippen LogP contribution in [0.5, 0.6) is 0 Å². The summed E-state index contributed by atoms with van der Waals surface area (Å²) in [6.07, 6.45) is 10.7. The molecule has 0 N–H and O–H groups in total. The van der Waals surface area contributed by atoms with E-state index in [1.807, 2.05) is 0 Å². The highest BCUT2D eigenvalue weighted by Crippen LogP contribution is 2.44. The van der Waals surface area contributed by atoms with E-state index in [0.29, 0.717) is 11.8 Å². The normalized spacial score (nSPS) is 24.1. The van der Waals surface area contributed by atoms with Crippen molar-refractivity contribution in [3.8, 4) is 6.07 Å². The maximum absolute atomic E-state index is 8.40. The zero-order valence-corrected chi connectivity index (χ0v) is 10.1. The van der Waals surface area contributed by atoms with E-state index in [9.17, 15) is 0 Å². The molecule has 1 aliphatic carbocycles. The van der Waals surface area contributed by atoms with E-state index in [0.717, 1.165) is 18.8 Å². The average molecular weight is 203 g/mol. The summed E-state index contributed by atoms with van der Waals surface area (Å²) in [5, 5.41) is 8.40. The summed E-state index contributed by atoms with van der Waals surface area (Å²) < 4.78 is 0. The fourth-order valence-electron chi connectivity index (χ4n) is 2.12. The van der Waals surface area contributed by atoms with Crippen molar-refractivity contribution in [2.24, 2.45) is 11.3 Å². The van der Waals surface area contributed by atoms with E-state index in [1.54, 1.807) is 0 Å². The smallest absolute Gasteiger partial charge is 0.0624 e. The summed E-state index contributed by atoms with van der Waals surface area (Å²) in [7, 11) is 0. The summed E-state index contributed by atoms with van der Waals surface area (Å²) in [6, 6.07) is 2.16. The number of nitriles is 1. The minimum atomic E-state index is 0.361. The maximum atomic E-state index is 8.40. The molecule has 0 saturated carbocycles. The third-order valence-corrected chi connectivity index (χ3v) is 3.76. The molecule has 82 valence electrons. The van der Waals surface area contributed by atoms with Crippen LogP contribution in [0.2, 0.25) is 0 Å². The predicted molar refractivity (Wildman–Crippen MR) is 64.2 cm³/mol. The van der Waals surface area contributed by atoms with E-state index < -0.39 is 0 Å². The summed E-state index contributed by atoms with van der Waals surface area (Å²) in [4.78, 5) is 0. The van der Waals surface area contributed by atoms with Crippen LogP contribution >= 0.6 is 0 Å². The topological polar surface area (TPSA) is 23.8 Å². The third-order valence-electron chi connectivity index (χ3n) is 3.76. The first-order valence-electron chi connectivity index (χ1n) is 5.78. The van der Waals surface area contributed by atoms with Crippen molar-refractivity contribution in [2.75, 3.05) is 0 Å². The van der Waals surface area contributed by atoms with Gasteiger partial charge in [-0.2, -0.15) is 5.26 Å². The average Bonchev–Trinajstić information content (AvgIpc) is 2.44. The van der Waals surface area contributed by atoms with E-state index >= 15 is 0 Å². The van der Waals surface area contributed by atoms with Crippen molar-refractivity contribution in [3.05, 3.63) is 23.8 Å². The Kier molecular flexibility index (Phi) is 4.15. The molecule has 0 bridgehead atoms. The van der Waals surface area contributed by atoms with Gasteiger partial charge in [0.25, 0.3) is 0 Å². The van der Waals surface area contributed by atoms with Gasteiger partial charge in [-0.05, 0) is 37.5 Å². The Morgan fingerprint density at radius 2 is 2.27 bits per heavy atom. The van der Waals surface area contributed by atoms with Gasteiger partial charge >= 0.3 is 0 Å². The maximum Gasteiger partial charge on any atom is 0.0624 e. The Bertz CT molecular complexity index is 302. The molecular formula is C14H21N. The largest absolute Gasteiger partial charge is 0.198 e. The van der Waals surface area contributed by atoms with Gasteiger partial charge in [0.05, 0.1) is 6.07 Å². The lowest BCUT2D eigenvalue weighted by molar-refractivity contribution is 0.294. The monoisotopic (exact) mass is 203 g/mol. The van der Waals surface area contributed by atoms with Crippen LogP contribution in [0.1, 0.15) is 46.5 Å². The second kappa shape index (κ2) is 5.16. The van der Waals surface area contributed by atoms with Gasteiger partial charge in [0.2, 0.25) is 0 Å². The van der Waals surface area contributed by atoms with Crippen LogP contribution < -0.4 is 0 Å². The number of nitrogens with zero attached hydrogens (tertiary/aromatic N) is 1. The van der Waals surface area contributed by atoms with Gasteiger partial charge in [0.1, 0.15) is 0 Å². The molecule has 0 aromatic rings. The molecule has 1 rings (SSSR count). The lowest BCUT2D eigenvalue weighted by Crippen LogP contribution is -2.19. The third kappa shape index (κ3) is 2.96. The van der Waals surface area contributed by atoms with Crippen molar-refractivity contribution < 1.29 is 0 Å². The fraction of sp³-hybridized carbons (Fsp3) is 0.643. The summed E-state index contributed by atoms with van der Waals surface area (Å²) in [6.45, 7) is 6.90. The zero-order valence-electron chi connectivity index (χ0n) is 10.1. The summed E-state index contributed by atoms with van der Waals surface area (Å²) in [5.41, 5.74) is 1.89. The Hall–Kier alpha value is -1.03. The molecule has 0 radical (unpaired) electrons. The lowest BCUT2D eigenvalue weighted by atomic mass is 9.76. The number of rotatable bonds is 4. The molecule has 1 heteroatoms. The van der Waals surface area contributed by atoms with Gasteiger partial charge in [-0.1, -0.05) is 37.6 Å². The molecule has 1 aliphatic rings. The second-order valence-electron chi connectivity index (χ2n) is 4.95. The van der Waals surface area contributed by atoms with Crippen LogP contribution in [0.4, 0.5) is 0 Å². The molecule has 0 fully saturated rings. The van der Waals surface area contributed by atoms with E-state index in [2.05, 4.69) is 45.1 Å². The van der Waals surface area contributed by atoms with Crippen molar-refractivity contribution >= 4 is 0 Å². The standard InChI is InChI=1S/C14H21N/c1-12-9-10-13(14(12,2)3)8-6-4-5-7-11-15/h4,6,9,13H,5,7-8,10H2,1-3H3. The molecular weight excluding hydrogens is 182 g/mol. The summed E-state index contributed by atoms with van der Waals surface area (Å²) >= 11 is 0. The minimum Gasteiger partial charge on any atom is -0.198 e. The van der Waals surface area contributed by atoms with Gasteiger partial charge in [-0.15, -0.1) is 0 Å². The van der Waals surface area contributed by atoms with Crippen molar-refractivity contribution in [1.29, 1.82) is 5.26 Å². The molecule has 1 unspecified atom stereocenters. The Balaban J connectivity index is 2.36. The number of hydrogen-bond acceptors (Lipinski definition) is 1. The van der Waals surface area contributed by atoms with Crippen LogP contribution in [0.15, 0.2) is 23.8 Å². The molecule has 0 saturated heterocycles. The van der Waals surface area contributed by atoms with Crippen LogP contribution in [0.3, 0.4) is 0 Å². The molecule has 0 amide bonds. The Morgan fingerprint density at radius 3 is 2.80 bits per heavy atom. The molecule has 15 heavy (non-hydrogen) atoms. The highest BCUT2D eigenvalue weighted by Gasteiger charge is 2.33. The number of allylic oxidation sites excluding steroid dienone is 4. The molecule has 1 atom stereocenters. The van der Waals surface area contributed by atoms with Crippen molar-refractivity contribution in [1.82, 2.24) is 0 Å².